The zero-order valence-electron chi connectivity index (χ0n) is 16.2. The van der Waals surface area contributed by atoms with Crippen molar-refractivity contribution in [1.29, 1.82) is 0 Å². The molecular formula is C21H25FN4O2. The van der Waals surface area contributed by atoms with Crippen molar-refractivity contribution < 1.29 is 13.9 Å². The van der Waals surface area contributed by atoms with Crippen molar-refractivity contribution in [3.05, 3.63) is 48.0 Å². The molecule has 0 saturated carbocycles. The fourth-order valence-electron chi connectivity index (χ4n) is 5.18. The van der Waals surface area contributed by atoms with E-state index in [1.807, 2.05) is 17.2 Å². The zero-order chi connectivity index (χ0) is 19.5. The number of nitrogens with zero attached hydrogens (tertiary/aromatic N) is 4. The van der Waals surface area contributed by atoms with Crippen LogP contribution in [-0.2, 0) is 16.1 Å². The van der Waals surface area contributed by atoms with Crippen LogP contribution in [0, 0.1) is 11.7 Å². The first-order valence-electron chi connectivity index (χ1n) is 9.98. The van der Waals surface area contributed by atoms with Crippen LogP contribution in [0.25, 0.3) is 5.69 Å². The lowest BCUT2D eigenvalue weighted by molar-refractivity contribution is -0.139. The Labute approximate surface area is 163 Å². The standard InChI is InChI=1S/C21H25FN4O2/c1-14(2)18-13-28-21-6-9-24(19(21)11-20(27)26(18)21)12-15-10-16(22)4-5-17(15)25-8-3-7-23-25/h3-5,7-8,10,14,18-19H,6,9,11-13H2,1-2H3/t18-,19+,21-/m0/s1. The summed E-state index contributed by atoms with van der Waals surface area (Å²) in [5, 5.41) is 4.30. The molecule has 148 valence electrons. The predicted molar refractivity (Wildman–Crippen MR) is 101 cm³/mol. The van der Waals surface area contributed by atoms with Crippen LogP contribution in [0.4, 0.5) is 4.39 Å². The van der Waals surface area contributed by atoms with Crippen molar-refractivity contribution in [2.45, 2.75) is 51.0 Å². The summed E-state index contributed by atoms with van der Waals surface area (Å²) in [6.07, 6.45) is 4.84. The molecule has 0 radical (unpaired) electrons. The fraction of sp³-hybridized carbons (Fsp3) is 0.524. The average Bonchev–Trinajstić information content (AvgIpc) is 3.40. The summed E-state index contributed by atoms with van der Waals surface area (Å²) in [5.41, 5.74) is 1.22. The van der Waals surface area contributed by atoms with Gasteiger partial charge in [0.2, 0.25) is 5.91 Å². The Morgan fingerprint density at radius 3 is 3.00 bits per heavy atom. The molecule has 1 aromatic carbocycles. The Kier molecular flexibility index (Phi) is 4.07. The minimum absolute atomic E-state index is 0.0116. The van der Waals surface area contributed by atoms with Gasteiger partial charge in [-0.3, -0.25) is 9.69 Å². The molecule has 2 aromatic rings. The highest BCUT2D eigenvalue weighted by Crippen LogP contribution is 2.49. The molecule has 1 spiro atoms. The van der Waals surface area contributed by atoms with Gasteiger partial charge < -0.3 is 9.64 Å². The van der Waals surface area contributed by atoms with Crippen molar-refractivity contribution in [3.63, 3.8) is 0 Å². The Hall–Kier alpha value is -2.25. The summed E-state index contributed by atoms with van der Waals surface area (Å²) in [7, 11) is 0. The Balaban J connectivity index is 1.45. The first kappa shape index (κ1) is 17.8. The number of halogens is 1. The molecule has 3 saturated heterocycles. The van der Waals surface area contributed by atoms with Gasteiger partial charge in [-0.2, -0.15) is 5.10 Å². The highest BCUT2D eigenvalue weighted by molar-refractivity contribution is 5.82. The molecular weight excluding hydrogens is 359 g/mol. The van der Waals surface area contributed by atoms with E-state index >= 15 is 0 Å². The van der Waals surface area contributed by atoms with E-state index in [1.165, 1.54) is 6.07 Å². The third-order valence-corrected chi connectivity index (χ3v) is 6.53. The lowest BCUT2D eigenvalue weighted by atomic mass is 10.0. The van der Waals surface area contributed by atoms with Gasteiger partial charge in [0, 0.05) is 38.3 Å². The number of rotatable bonds is 4. The van der Waals surface area contributed by atoms with Crippen molar-refractivity contribution in [3.8, 4) is 5.69 Å². The van der Waals surface area contributed by atoms with Crippen LogP contribution in [0.3, 0.4) is 0 Å². The minimum Gasteiger partial charge on any atom is -0.352 e. The molecule has 3 atom stereocenters. The Morgan fingerprint density at radius 1 is 1.39 bits per heavy atom. The molecule has 7 heteroatoms. The number of ether oxygens (including phenoxy) is 1. The van der Waals surface area contributed by atoms with E-state index in [4.69, 9.17) is 4.74 Å². The molecule has 0 aliphatic carbocycles. The minimum atomic E-state index is -0.509. The third kappa shape index (κ3) is 2.53. The van der Waals surface area contributed by atoms with E-state index in [1.54, 1.807) is 23.0 Å². The Morgan fingerprint density at radius 2 is 2.25 bits per heavy atom. The maximum atomic E-state index is 14.0. The molecule has 28 heavy (non-hydrogen) atoms. The van der Waals surface area contributed by atoms with E-state index < -0.39 is 5.72 Å². The number of carbonyl (C=O) groups is 1. The van der Waals surface area contributed by atoms with E-state index in [9.17, 15) is 9.18 Å². The van der Waals surface area contributed by atoms with E-state index in [2.05, 4.69) is 23.8 Å². The van der Waals surface area contributed by atoms with Crippen LogP contribution < -0.4 is 0 Å². The average molecular weight is 384 g/mol. The van der Waals surface area contributed by atoms with Gasteiger partial charge in [0.05, 0.1) is 24.4 Å². The first-order chi connectivity index (χ1) is 13.5. The molecule has 0 unspecified atom stereocenters. The summed E-state index contributed by atoms with van der Waals surface area (Å²) < 4.78 is 22.1. The number of amides is 1. The van der Waals surface area contributed by atoms with Crippen molar-refractivity contribution in [1.82, 2.24) is 19.6 Å². The van der Waals surface area contributed by atoms with Gasteiger partial charge in [0.25, 0.3) is 0 Å². The number of benzene rings is 1. The molecule has 0 N–H and O–H groups in total. The molecule has 1 aromatic heterocycles. The van der Waals surface area contributed by atoms with Gasteiger partial charge in [-0.15, -0.1) is 0 Å². The fourth-order valence-corrected chi connectivity index (χ4v) is 5.18. The van der Waals surface area contributed by atoms with E-state index in [0.717, 1.165) is 24.2 Å². The van der Waals surface area contributed by atoms with Gasteiger partial charge in [-0.1, -0.05) is 13.8 Å². The van der Waals surface area contributed by atoms with Crippen molar-refractivity contribution in [2.75, 3.05) is 13.2 Å². The summed E-state index contributed by atoms with van der Waals surface area (Å²) in [4.78, 5) is 17.1. The molecule has 5 rings (SSSR count). The zero-order valence-corrected chi connectivity index (χ0v) is 16.2. The third-order valence-electron chi connectivity index (χ3n) is 6.53. The van der Waals surface area contributed by atoms with Gasteiger partial charge >= 0.3 is 0 Å². The summed E-state index contributed by atoms with van der Waals surface area (Å²) in [6.45, 7) is 6.28. The normalized spacial score (nSPS) is 29.7. The monoisotopic (exact) mass is 384 g/mol. The quantitative estimate of drug-likeness (QED) is 0.813. The molecule has 3 aliphatic heterocycles. The molecule has 4 heterocycles. The van der Waals surface area contributed by atoms with Gasteiger partial charge in [0.1, 0.15) is 5.82 Å². The molecule has 6 nitrogen and oxygen atoms in total. The van der Waals surface area contributed by atoms with E-state index in [0.29, 0.717) is 25.5 Å². The van der Waals surface area contributed by atoms with Crippen LogP contribution in [0.5, 0.6) is 0 Å². The number of hydrogen-bond acceptors (Lipinski definition) is 4. The largest absolute Gasteiger partial charge is 0.352 e. The smallest absolute Gasteiger partial charge is 0.226 e. The SMILES string of the molecule is CC(C)[C@@H]1CO[C@@]23CCN(Cc4cc(F)ccc4-n4cccn4)[C@@H]2CC(=O)N13. The second-order valence-electron chi connectivity index (χ2n) is 8.39. The molecule has 3 aliphatic rings. The van der Waals surface area contributed by atoms with Crippen LogP contribution in [0.1, 0.15) is 32.3 Å². The lowest BCUT2D eigenvalue weighted by Gasteiger charge is -2.34. The second kappa shape index (κ2) is 6.39. The van der Waals surface area contributed by atoms with Crippen LogP contribution >= 0.6 is 0 Å². The first-order valence-corrected chi connectivity index (χ1v) is 9.98. The number of likely N-dealkylation sites (tertiary alicyclic amines) is 1. The van der Waals surface area contributed by atoms with Gasteiger partial charge in [0.15, 0.2) is 5.72 Å². The summed E-state index contributed by atoms with van der Waals surface area (Å²) >= 11 is 0. The van der Waals surface area contributed by atoms with Crippen molar-refractivity contribution in [2.24, 2.45) is 5.92 Å². The van der Waals surface area contributed by atoms with Crippen LogP contribution in [0.15, 0.2) is 36.7 Å². The highest BCUT2D eigenvalue weighted by Gasteiger charge is 2.64. The Bertz CT molecular complexity index is 900. The van der Waals surface area contributed by atoms with Gasteiger partial charge in [-0.05, 0) is 35.7 Å². The maximum absolute atomic E-state index is 14.0. The van der Waals surface area contributed by atoms with E-state index in [-0.39, 0.29) is 23.8 Å². The summed E-state index contributed by atoms with van der Waals surface area (Å²) in [5.74, 6) is 0.282. The molecule has 3 fully saturated rings. The van der Waals surface area contributed by atoms with Gasteiger partial charge in [-0.25, -0.2) is 9.07 Å². The van der Waals surface area contributed by atoms with Crippen LogP contribution in [-0.4, -0.2) is 56.4 Å². The lowest BCUT2D eigenvalue weighted by Crippen LogP contribution is -2.50. The highest BCUT2D eigenvalue weighted by atomic mass is 19.1. The number of aromatic nitrogens is 2. The van der Waals surface area contributed by atoms with Crippen molar-refractivity contribution >= 4 is 5.91 Å². The molecule has 1 amide bonds. The summed E-state index contributed by atoms with van der Waals surface area (Å²) in [6, 6.07) is 6.80. The maximum Gasteiger partial charge on any atom is 0.226 e. The second-order valence-corrected chi connectivity index (χ2v) is 8.39. The number of hydrogen-bond donors (Lipinski definition) is 0. The topological polar surface area (TPSA) is 50.6 Å². The predicted octanol–water partition coefficient (Wildman–Crippen LogP) is 2.57. The molecule has 0 bridgehead atoms. The van der Waals surface area contributed by atoms with Crippen LogP contribution in [0.2, 0.25) is 0 Å². The number of carbonyl (C=O) groups excluding carboxylic acids is 1.